The van der Waals surface area contributed by atoms with Crippen LogP contribution in [0.5, 0.6) is 0 Å². The van der Waals surface area contributed by atoms with Crippen molar-refractivity contribution in [3.63, 3.8) is 0 Å². The predicted octanol–water partition coefficient (Wildman–Crippen LogP) is 0.0693. The molecule has 0 bridgehead atoms. The van der Waals surface area contributed by atoms with Gasteiger partial charge in [-0.05, 0) is 26.2 Å². The lowest BCUT2D eigenvalue weighted by atomic mass is 9.80. The van der Waals surface area contributed by atoms with Gasteiger partial charge in [-0.15, -0.1) is 10.2 Å². The maximum absolute atomic E-state index is 9.58. The molecule has 2 heterocycles. The molecule has 106 valence electrons. The van der Waals surface area contributed by atoms with E-state index in [1.807, 2.05) is 0 Å². The minimum absolute atomic E-state index is 0.179. The smallest absolute Gasteiger partial charge is 0.147 e. The van der Waals surface area contributed by atoms with Crippen LogP contribution in [0, 0.1) is 0 Å². The molecule has 0 unspecified atom stereocenters. The van der Waals surface area contributed by atoms with E-state index in [4.69, 9.17) is 5.73 Å². The predicted molar refractivity (Wildman–Crippen MR) is 71.5 cm³/mol. The summed E-state index contributed by atoms with van der Waals surface area (Å²) in [5.41, 5.74) is 5.86. The second-order valence-electron chi connectivity index (χ2n) is 5.82. The molecule has 1 aliphatic heterocycles. The summed E-state index contributed by atoms with van der Waals surface area (Å²) in [5, 5.41) is 18.3. The molecule has 6 nitrogen and oxygen atoms in total. The van der Waals surface area contributed by atoms with E-state index in [2.05, 4.69) is 26.6 Å². The van der Waals surface area contributed by atoms with Crippen LogP contribution in [-0.4, -0.2) is 50.0 Å². The van der Waals surface area contributed by atoms with E-state index in [-0.39, 0.29) is 6.10 Å². The highest BCUT2D eigenvalue weighted by Crippen LogP contribution is 2.34. The van der Waals surface area contributed by atoms with Crippen LogP contribution in [0.1, 0.15) is 43.8 Å². The van der Waals surface area contributed by atoms with Gasteiger partial charge in [-0.25, -0.2) is 0 Å². The summed E-state index contributed by atoms with van der Waals surface area (Å²) in [6.45, 7) is 5.52. The summed E-state index contributed by atoms with van der Waals surface area (Å²) in [4.78, 5) is 2.25. The summed E-state index contributed by atoms with van der Waals surface area (Å²) < 4.78 is 2.22. The number of aliphatic hydroxyl groups is 1. The van der Waals surface area contributed by atoms with Crippen LogP contribution < -0.4 is 5.73 Å². The minimum Gasteiger partial charge on any atom is -0.392 e. The van der Waals surface area contributed by atoms with Gasteiger partial charge in [-0.2, -0.15) is 0 Å². The fourth-order valence-corrected chi connectivity index (χ4v) is 3.14. The van der Waals surface area contributed by atoms with Crippen molar-refractivity contribution in [2.45, 2.75) is 57.3 Å². The Labute approximate surface area is 113 Å². The highest BCUT2D eigenvalue weighted by Gasteiger charge is 2.32. The van der Waals surface area contributed by atoms with Crippen molar-refractivity contribution in [1.82, 2.24) is 19.7 Å². The molecule has 3 N–H and O–H groups in total. The number of nitrogens with zero attached hydrogens (tertiary/aromatic N) is 4. The first-order valence-electron chi connectivity index (χ1n) is 7.25. The lowest BCUT2D eigenvalue weighted by Gasteiger charge is -2.31. The number of β-amino-alcohol motifs (C(OH)–C–C–N with tert-alkyl or cyclic N) is 1. The number of hydrogen-bond acceptors (Lipinski definition) is 5. The Bertz CT molecular complexity index is 440. The number of rotatable bonds is 4. The van der Waals surface area contributed by atoms with Gasteiger partial charge in [0, 0.05) is 31.6 Å². The summed E-state index contributed by atoms with van der Waals surface area (Å²) in [5.74, 6) is 2.60. The van der Waals surface area contributed by atoms with Crippen LogP contribution in [0.25, 0.3) is 0 Å². The molecule has 1 aromatic heterocycles. The molecule has 2 fully saturated rings. The quantitative estimate of drug-likeness (QED) is 0.805. The molecule has 1 saturated carbocycles. The molecule has 0 radical (unpaired) electrons. The van der Waals surface area contributed by atoms with Crippen LogP contribution in [0.15, 0.2) is 0 Å². The monoisotopic (exact) mass is 265 g/mol. The highest BCUT2D eigenvalue weighted by molar-refractivity contribution is 5.08. The van der Waals surface area contributed by atoms with E-state index in [0.29, 0.717) is 12.0 Å². The van der Waals surface area contributed by atoms with E-state index in [9.17, 15) is 5.11 Å². The molecule has 1 atom stereocenters. The topological polar surface area (TPSA) is 80.2 Å². The van der Waals surface area contributed by atoms with Crippen molar-refractivity contribution in [1.29, 1.82) is 0 Å². The van der Waals surface area contributed by atoms with Gasteiger partial charge < -0.3 is 15.4 Å². The normalized spacial score (nSPS) is 31.6. The molecule has 1 saturated heterocycles. The van der Waals surface area contributed by atoms with Gasteiger partial charge in [0.2, 0.25) is 0 Å². The van der Waals surface area contributed by atoms with Crippen molar-refractivity contribution in [2.75, 3.05) is 13.1 Å². The SMILES string of the molecule is CCn1c(CN2CC[C@@H](O)C2)nnc1C1CC(N)C1. The molecule has 1 aromatic rings. The van der Waals surface area contributed by atoms with Crippen molar-refractivity contribution >= 4 is 0 Å². The molecule has 19 heavy (non-hydrogen) atoms. The van der Waals surface area contributed by atoms with Gasteiger partial charge in [0.05, 0.1) is 12.6 Å². The van der Waals surface area contributed by atoms with Gasteiger partial charge in [0.25, 0.3) is 0 Å². The van der Waals surface area contributed by atoms with E-state index < -0.39 is 0 Å². The number of nitrogens with two attached hydrogens (primary N) is 1. The van der Waals surface area contributed by atoms with E-state index in [1.54, 1.807) is 0 Å². The van der Waals surface area contributed by atoms with Gasteiger partial charge in [-0.3, -0.25) is 4.90 Å². The standard InChI is InChI=1S/C13H23N5O/c1-2-18-12(8-17-4-3-11(19)7-17)15-16-13(18)9-5-10(14)6-9/h9-11,19H,2-8,14H2,1H3/t9?,10?,11-/m1/s1. The van der Waals surface area contributed by atoms with E-state index in [0.717, 1.165) is 57.1 Å². The molecule has 0 aromatic carbocycles. The van der Waals surface area contributed by atoms with Gasteiger partial charge in [-0.1, -0.05) is 0 Å². The maximum atomic E-state index is 9.58. The Balaban J connectivity index is 1.71. The molecular formula is C13H23N5O. The zero-order chi connectivity index (χ0) is 13.4. The fraction of sp³-hybridized carbons (Fsp3) is 0.846. The molecular weight excluding hydrogens is 242 g/mol. The lowest BCUT2D eigenvalue weighted by Crippen LogP contribution is -2.36. The molecule has 1 aliphatic carbocycles. The average molecular weight is 265 g/mol. The molecule has 0 amide bonds. The molecule has 3 rings (SSSR count). The second kappa shape index (κ2) is 5.19. The third kappa shape index (κ3) is 2.52. The zero-order valence-electron chi connectivity index (χ0n) is 11.5. The van der Waals surface area contributed by atoms with Crippen LogP contribution in [0.4, 0.5) is 0 Å². The van der Waals surface area contributed by atoms with Crippen molar-refractivity contribution in [2.24, 2.45) is 5.73 Å². The van der Waals surface area contributed by atoms with E-state index in [1.165, 1.54) is 0 Å². The Morgan fingerprint density at radius 1 is 1.37 bits per heavy atom. The Kier molecular flexibility index (Phi) is 3.56. The number of likely N-dealkylation sites (tertiary alicyclic amines) is 1. The van der Waals surface area contributed by atoms with E-state index >= 15 is 0 Å². The number of aliphatic hydroxyl groups excluding tert-OH is 1. The Morgan fingerprint density at radius 2 is 2.16 bits per heavy atom. The summed E-state index contributed by atoms with van der Waals surface area (Å²) in [6.07, 6.45) is 2.74. The fourth-order valence-electron chi connectivity index (χ4n) is 3.14. The highest BCUT2D eigenvalue weighted by atomic mass is 16.3. The summed E-state index contributed by atoms with van der Waals surface area (Å²) >= 11 is 0. The van der Waals surface area contributed by atoms with Crippen LogP contribution >= 0.6 is 0 Å². The lowest BCUT2D eigenvalue weighted by molar-refractivity contribution is 0.173. The van der Waals surface area contributed by atoms with Crippen LogP contribution in [-0.2, 0) is 13.1 Å². The molecule has 2 aliphatic rings. The third-order valence-electron chi connectivity index (χ3n) is 4.32. The van der Waals surface area contributed by atoms with Crippen molar-refractivity contribution in [3.8, 4) is 0 Å². The third-order valence-corrected chi connectivity index (χ3v) is 4.32. The van der Waals surface area contributed by atoms with Gasteiger partial charge >= 0.3 is 0 Å². The molecule has 0 spiro atoms. The Morgan fingerprint density at radius 3 is 2.74 bits per heavy atom. The number of hydrogen-bond donors (Lipinski definition) is 2. The first kappa shape index (κ1) is 13.0. The largest absolute Gasteiger partial charge is 0.392 e. The Hall–Kier alpha value is -0.980. The maximum Gasteiger partial charge on any atom is 0.147 e. The van der Waals surface area contributed by atoms with Crippen molar-refractivity contribution < 1.29 is 5.11 Å². The number of aromatic nitrogens is 3. The molecule has 6 heteroatoms. The first-order chi connectivity index (χ1) is 9.17. The summed E-state index contributed by atoms with van der Waals surface area (Å²) in [6, 6.07) is 0.337. The van der Waals surface area contributed by atoms with Crippen LogP contribution in [0.3, 0.4) is 0 Å². The van der Waals surface area contributed by atoms with Gasteiger partial charge in [0.1, 0.15) is 11.6 Å². The van der Waals surface area contributed by atoms with Crippen molar-refractivity contribution in [3.05, 3.63) is 11.6 Å². The van der Waals surface area contributed by atoms with Crippen LogP contribution in [0.2, 0.25) is 0 Å². The average Bonchev–Trinajstić information content (AvgIpc) is 2.92. The summed E-state index contributed by atoms with van der Waals surface area (Å²) in [7, 11) is 0. The second-order valence-corrected chi connectivity index (χ2v) is 5.82. The van der Waals surface area contributed by atoms with Gasteiger partial charge in [0.15, 0.2) is 0 Å². The minimum atomic E-state index is -0.179. The first-order valence-corrected chi connectivity index (χ1v) is 7.25. The zero-order valence-corrected chi connectivity index (χ0v) is 11.5.